The van der Waals surface area contributed by atoms with Crippen LogP contribution in [0.15, 0.2) is 208 Å². The quantitative estimate of drug-likeness (QED) is 0.00662. The number of allylic oxidation sites excluding steroid dienone is 1. The molecule has 0 aliphatic carbocycles. The molecule has 0 radical (unpaired) electrons. The van der Waals surface area contributed by atoms with E-state index in [9.17, 15) is 19.2 Å². The zero-order valence-corrected chi connectivity index (χ0v) is 65.5. The number of phenols is 4. The number of aromatic carboxylic acids is 1. The first-order valence-corrected chi connectivity index (χ1v) is 39.6. The Bertz CT molecular complexity index is 3790. The van der Waals surface area contributed by atoms with E-state index in [-0.39, 0.29) is 85.0 Å². The molecule has 28 heteroatoms. The summed E-state index contributed by atoms with van der Waals surface area (Å²) < 4.78 is 86.4. The van der Waals surface area contributed by atoms with E-state index in [0.717, 1.165) is 127 Å². The molecule has 6 N–H and O–H groups in total. The molecule has 4 saturated heterocycles. The third-order valence-electron chi connectivity index (χ3n) is 16.3. The SMILES string of the molecule is C1=COCCC1.C=CC(=O)OCCOc1ccc(O)cc1.C=CC(=O)OCCOc1ccc(OC(=O)c2ccc(OCC3(CC)COC3)cc2)cc1.CCC1(COc2ccc(C(=O)O)cc2)COC1.OCCOc1ccc(OC2CCCCO2)cc1.Oc1ccc(O)cc1.Oc1ccc(OC2CCCCO2)cc1.[3H][P+](P)=S. The number of phenolic OH excluding ortho intramolecular Hbond substituents is 4. The fraction of sp³-hybridized carbons (Fsp3) is 0.373. The van der Waals surface area contributed by atoms with Crippen molar-refractivity contribution >= 4 is 51.6 Å². The molecule has 25 nitrogen and oxygen atoms in total. The average Bonchev–Trinajstić information content (AvgIpc) is 0.827. The lowest BCUT2D eigenvalue weighted by atomic mass is 9.84. The molecule has 5 heterocycles. The minimum absolute atomic E-state index is 0.0220. The van der Waals surface area contributed by atoms with Gasteiger partial charge in [0, 0.05) is 25.0 Å². The second kappa shape index (κ2) is 53.8. The maximum Gasteiger partial charge on any atom is 0.355 e. The maximum absolute atomic E-state index is 12.4. The summed E-state index contributed by atoms with van der Waals surface area (Å²) in [7, 11) is 2.20. The van der Waals surface area contributed by atoms with Gasteiger partial charge in [0.1, 0.15) is 102 Å². The summed E-state index contributed by atoms with van der Waals surface area (Å²) >= 11 is 4.31. The average molecular weight is 1600 g/mol. The predicted octanol–water partition coefficient (Wildman–Crippen LogP) is 15.1. The van der Waals surface area contributed by atoms with Crippen LogP contribution in [0.1, 0.15) is 98.8 Å². The van der Waals surface area contributed by atoms with Crippen LogP contribution in [0.5, 0.6) is 69.0 Å². The second-order valence-electron chi connectivity index (χ2n) is 24.8. The van der Waals surface area contributed by atoms with Crippen molar-refractivity contribution in [1.29, 1.82) is 1.28 Å². The van der Waals surface area contributed by atoms with Gasteiger partial charge in [-0.1, -0.05) is 27.0 Å². The number of aliphatic hydroxyl groups excluding tert-OH is 1. The van der Waals surface area contributed by atoms with Crippen LogP contribution in [0, 0.1) is 10.8 Å². The van der Waals surface area contributed by atoms with E-state index < -0.39 is 30.9 Å². The first kappa shape index (κ1) is 89.9. The van der Waals surface area contributed by atoms with E-state index in [1.807, 2.05) is 30.3 Å². The normalized spacial score (nSPS) is 15.8. The minimum atomic E-state index is -0.922. The van der Waals surface area contributed by atoms with Gasteiger partial charge in [0.2, 0.25) is 0 Å². The summed E-state index contributed by atoms with van der Waals surface area (Å²) in [4.78, 5) is 44.6. The van der Waals surface area contributed by atoms with Crippen molar-refractivity contribution in [2.24, 2.45) is 10.8 Å². The number of carboxylic acid groups (broad SMARTS) is 1. The van der Waals surface area contributed by atoms with Crippen molar-refractivity contribution in [1.82, 2.24) is 0 Å². The van der Waals surface area contributed by atoms with Crippen molar-refractivity contribution in [3.05, 3.63) is 219 Å². The van der Waals surface area contributed by atoms with Gasteiger partial charge in [0.15, 0.2) is 31.4 Å². The third-order valence-corrected chi connectivity index (χ3v) is 16.3. The summed E-state index contributed by atoms with van der Waals surface area (Å²) in [5, 5.41) is 52.8. The molecule has 4 fully saturated rings. The van der Waals surface area contributed by atoms with Gasteiger partial charge in [0.25, 0.3) is 0 Å². The molecule has 5 aliphatic heterocycles. The number of benzene rings is 7. The number of aliphatic hydroxyl groups is 1. The smallest absolute Gasteiger partial charge is 0.355 e. The predicted molar refractivity (Wildman–Crippen MR) is 426 cm³/mol. The number of carbonyl (C=O) groups is 4. The molecular formula is C83H103O25P2S+. The van der Waals surface area contributed by atoms with Gasteiger partial charge in [-0.25, -0.2) is 19.2 Å². The lowest BCUT2D eigenvalue weighted by molar-refractivity contribution is -0.139. The lowest BCUT2D eigenvalue weighted by Gasteiger charge is -2.40. The van der Waals surface area contributed by atoms with E-state index in [1.165, 1.54) is 49.2 Å². The van der Waals surface area contributed by atoms with Crippen LogP contribution in [-0.2, 0) is 54.6 Å². The van der Waals surface area contributed by atoms with Crippen LogP contribution in [0.4, 0.5) is 0 Å². The molecule has 7 aromatic rings. The van der Waals surface area contributed by atoms with Gasteiger partial charge >= 0.3 is 25.2 Å². The molecule has 600 valence electrons. The number of carboxylic acids is 1. The molecule has 4 unspecified atom stereocenters. The maximum atomic E-state index is 12.4. The molecule has 0 spiro atoms. The zero-order valence-electron chi connectivity index (χ0n) is 63.6. The largest absolute Gasteiger partial charge is 0.508 e. The Labute approximate surface area is 658 Å². The zero-order chi connectivity index (χ0) is 81.0. The number of aromatic hydroxyl groups is 4. The number of ether oxygens (including phenoxy) is 15. The summed E-state index contributed by atoms with van der Waals surface area (Å²) in [6.07, 6.45) is 16.6. The van der Waals surface area contributed by atoms with Gasteiger partial charge in [-0.2, -0.15) is 0 Å². The first-order chi connectivity index (χ1) is 54.1. The molecule has 7 aromatic carbocycles. The van der Waals surface area contributed by atoms with Gasteiger partial charge in [-0.3, -0.25) is 0 Å². The Morgan fingerprint density at radius 1 is 0.505 bits per heavy atom. The fourth-order valence-corrected chi connectivity index (χ4v) is 9.60. The summed E-state index contributed by atoms with van der Waals surface area (Å²) in [5.74, 6) is 3.67. The summed E-state index contributed by atoms with van der Waals surface area (Å²) in [5.41, 5.74) is 0.943. The van der Waals surface area contributed by atoms with Gasteiger partial charge in [0.05, 0.1) is 103 Å². The molecular weight excluding hydrogens is 1490 g/mol. The molecule has 111 heavy (non-hydrogen) atoms. The van der Waals surface area contributed by atoms with E-state index >= 15 is 0 Å². The number of hydrogen-bond donors (Lipinski definition) is 6. The molecule has 4 atom stereocenters. The van der Waals surface area contributed by atoms with Gasteiger partial charge < -0.3 is 102 Å². The molecule has 0 saturated carbocycles. The summed E-state index contributed by atoms with van der Waals surface area (Å²) in [6.45, 7) is 17.7. The highest BCUT2D eigenvalue weighted by Gasteiger charge is 2.38. The number of esters is 3. The molecule has 0 bridgehead atoms. The highest BCUT2D eigenvalue weighted by Crippen LogP contribution is 2.34. The van der Waals surface area contributed by atoms with E-state index in [2.05, 4.69) is 47.7 Å². The Kier molecular flexibility index (Phi) is 43.5. The monoisotopic (exact) mass is 1600 g/mol. The highest BCUT2D eigenvalue weighted by molar-refractivity contribution is 8.24. The van der Waals surface area contributed by atoms with Crippen molar-refractivity contribution in [2.75, 3.05) is 99.1 Å². The Hall–Kier alpha value is -10.0. The van der Waals surface area contributed by atoms with Crippen molar-refractivity contribution in [3.8, 4) is 69.0 Å². The van der Waals surface area contributed by atoms with Gasteiger partial charge in [-0.05, 0) is 227 Å². The molecule has 5 aliphatic rings. The number of rotatable bonds is 28. The van der Waals surface area contributed by atoms with Crippen molar-refractivity contribution in [3.63, 3.8) is 0 Å². The molecule has 0 amide bonds. The standard InChI is InChI=1S/C24H26O7.C13H16O4.C13H18O4.C11H12O4.C11H14O3.C6H6O2.C5H8O.H2P2S/c1-3-22(25)29-14-13-28-19-9-11-21(12-10-19)31-23(26)18-5-7-20(8-6-18)30-17-24(4-2)15-27-16-24;1-2-13(7-16-8-13)9-17-11-5-3-10(4-6-11)12(14)15;14-8-10-15-11-4-6-12(7-5-11)17-13-3-1-2-9-16-13;1-2-11(13)15-8-7-14-10-5-3-9(12)4-6-10;12-9-4-6-10(7-5-9)14-11-3-1-2-8-13-11;7-5-1-2-6(8)4-3-5;1-2-4-6-5-3-1;1-2-3/h3,5-12H,1,4,13-17H2,2H3;3-6H,2,7-9H2,1H3,(H,14,15);4-7,13-14H,1-3,8-10H2;2-6,12H,1,7-8H2;4-7,11-12H,1-3,8H2;1-4,7-8H;2,4H,1,3,5H2;1H2/p+1/i/hT. The summed E-state index contributed by atoms with van der Waals surface area (Å²) in [6, 6.07) is 46.0. The topological polar surface area (TPSA) is 328 Å². The van der Waals surface area contributed by atoms with E-state index in [1.54, 1.807) is 115 Å². The Balaban J connectivity index is 0.000000243. The van der Waals surface area contributed by atoms with Crippen molar-refractivity contribution < 1.29 is 121 Å². The highest BCUT2D eigenvalue weighted by atomic mass is 32.6. The molecule has 12 rings (SSSR count). The van der Waals surface area contributed by atoms with Crippen LogP contribution in [0.2, 0.25) is 0 Å². The Morgan fingerprint density at radius 3 is 1.17 bits per heavy atom. The third kappa shape index (κ3) is 38.5. The molecule has 0 aromatic heterocycles. The van der Waals surface area contributed by atoms with Crippen LogP contribution in [0.25, 0.3) is 0 Å². The van der Waals surface area contributed by atoms with Gasteiger partial charge in [-0.15, -0.1) is 0 Å². The van der Waals surface area contributed by atoms with Crippen LogP contribution in [-0.4, -0.2) is 167 Å². The van der Waals surface area contributed by atoms with E-state index in [0.29, 0.717) is 54.1 Å². The first-order valence-electron chi connectivity index (χ1n) is 36.5. The lowest BCUT2D eigenvalue weighted by Crippen LogP contribution is -2.46. The number of hydrogen-bond acceptors (Lipinski definition) is 25. The van der Waals surface area contributed by atoms with E-state index in [4.69, 9.17) is 103 Å². The fourth-order valence-electron chi connectivity index (χ4n) is 9.60. The number of carbonyl (C=O) groups excluding carboxylic acids is 3. The Morgan fingerprint density at radius 2 is 0.856 bits per heavy atom. The van der Waals surface area contributed by atoms with Crippen LogP contribution < -0.4 is 37.9 Å². The second-order valence-corrected chi connectivity index (χ2v) is 27.5. The van der Waals surface area contributed by atoms with Crippen LogP contribution >= 0.6 is 15.9 Å². The van der Waals surface area contributed by atoms with Crippen LogP contribution in [0.3, 0.4) is 0 Å². The minimum Gasteiger partial charge on any atom is -0.508 e. The van der Waals surface area contributed by atoms with Crippen molar-refractivity contribution in [2.45, 2.75) is 90.6 Å².